The van der Waals surface area contributed by atoms with Crippen molar-refractivity contribution in [3.05, 3.63) is 59.9 Å². The Balaban J connectivity index is 0.00000220. The van der Waals surface area contributed by atoms with E-state index in [1.807, 2.05) is 6.07 Å². The van der Waals surface area contributed by atoms with Crippen LogP contribution in [0.5, 0.6) is 0 Å². The van der Waals surface area contributed by atoms with Crippen molar-refractivity contribution in [2.45, 2.75) is 13.0 Å². The zero-order chi connectivity index (χ0) is 14.5. The van der Waals surface area contributed by atoms with E-state index in [4.69, 9.17) is 5.11 Å². The van der Waals surface area contributed by atoms with E-state index in [1.54, 1.807) is 36.4 Å². The van der Waals surface area contributed by atoms with Gasteiger partial charge in [-0.2, -0.15) is 0 Å². The molecule has 5 nitrogen and oxygen atoms in total. The summed E-state index contributed by atoms with van der Waals surface area (Å²) in [5.74, 6) is -1.16. The standard InChI is InChI=1S/C15H14N2O3.ClH/c1-10(15(19)20)17-12-7-8-16-13(9-12)14(18)11-5-3-2-4-6-11;/h2-10H,1H3,(H,16,17)(H,19,20);1H. The van der Waals surface area contributed by atoms with E-state index >= 15 is 0 Å². The molecule has 0 fully saturated rings. The van der Waals surface area contributed by atoms with Crippen LogP contribution in [0.1, 0.15) is 23.0 Å². The molecule has 0 saturated heterocycles. The molecule has 1 aromatic carbocycles. The number of hydrogen-bond acceptors (Lipinski definition) is 4. The Labute approximate surface area is 128 Å². The normalized spacial score (nSPS) is 11.1. The van der Waals surface area contributed by atoms with Crippen LogP contribution in [0, 0.1) is 0 Å². The molecule has 0 spiro atoms. The van der Waals surface area contributed by atoms with E-state index in [9.17, 15) is 9.59 Å². The summed E-state index contributed by atoms with van der Waals surface area (Å²) in [5, 5.41) is 11.7. The molecule has 2 N–H and O–H groups in total. The first-order valence-electron chi connectivity index (χ1n) is 6.13. The van der Waals surface area contributed by atoms with Crippen molar-refractivity contribution in [1.29, 1.82) is 0 Å². The highest BCUT2D eigenvalue weighted by molar-refractivity contribution is 6.08. The minimum atomic E-state index is -0.960. The van der Waals surface area contributed by atoms with Crippen LogP contribution in [0.4, 0.5) is 5.69 Å². The average Bonchev–Trinajstić information content (AvgIpc) is 2.47. The largest absolute Gasteiger partial charge is 0.480 e. The van der Waals surface area contributed by atoms with Gasteiger partial charge in [-0.25, -0.2) is 0 Å². The van der Waals surface area contributed by atoms with Gasteiger partial charge in [-0.05, 0) is 19.1 Å². The lowest BCUT2D eigenvalue weighted by Gasteiger charge is -2.11. The molecule has 0 amide bonds. The number of carbonyl (C=O) groups is 2. The SMILES string of the molecule is CC(Nc1ccnc(C(=O)c2ccccc2)c1)C(=O)O.Cl. The molecule has 2 aromatic rings. The molecule has 6 heteroatoms. The number of carboxylic acid groups (broad SMARTS) is 1. The number of nitrogens with one attached hydrogen (secondary N) is 1. The Morgan fingerprint density at radius 2 is 1.86 bits per heavy atom. The average molecular weight is 307 g/mol. The van der Waals surface area contributed by atoms with Gasteiger partial charge >= 0.3 is 5.97 Å². The first-order valence-corrected chi connectivity index (χ1v) is 6.13. The van der Waals surface area contributed by atoms with Gasteiger partial charge < -0.3 is 10.4 Å². The Morgan fingerprint density at radius 1 is 1.19 bits per heavy atom. The van der Waals surface area contributed by atoms with Crippen molar-refractivity contribution in [3.63, 3.8) is 0 Å². The van der Waals surface area contributed by atoms with Gasteiger partial charge in [0.25, 0.3) is 0 Å². The fraction of sp³-hybridized carbons (Fsp3) is 0.133. The summed E-state index contributed by atoms with van der Waals surface area (Å²) in [7, 11) is 0. The number of benzene rings is 1. The smallest absolute Gasteiger partial charge is 0.325 e. The van der Waals surface area contributed by atoms with Crippen LogP contribution < -0.4 is 5.32 Å². The summed E-state index contributed by atoms with van der Waals surface area (Å²) in [6, 6.07) is 11.3. The maximum atomic E-state index is 12.2. The fourth-order valence-corrected chi connectivity index (χ4v) is 1.69. The number of carbonyl (C=O) groups excluding carboxylic acids is 1. The zero-order valence-electron chi connectivity index (χ0n) is 11.3. The third-order valence-corrected chi connectivity index (χ3v) is 2.78. The van der Waals surface area contributed by atoms with Crippen LogP contribution >= 0.6 is 12.4 Å². The van der Waals surface area contributed by atoms with Gasteiger partial charge in [0.2, 0.25) is 5.78 Å². The number of anilines is 1. The molecule has 0 aliphatic heterocycles. The topological polar surface area (TPSA) is 79.3 Å². The molecule has 2 rings (SSSR count). The Kier molecular flexibility index (Phi) is 5.87. The van der Waals surface area contributed by atoms with Gasteiger partial charge in [0.05, 0.1) is 0 Å². The van der Waals surface area contributed by atoms with Crippen molar-refractivity contribution in [2.75, 3.05) is 5.32 Å². The molecule has 1 heterocycles. The quantitative estimate of drug-likeness (QED) is 0.830. The molecule has 110 valence electrons. The van der Waals surface area contributed by atoms with Crippen LogP contribution in [-0.4, -0.2) is 27.9 Å². The van der Waals surface area contributed by atoms with Gasteiger partial charge in [0.1, 0.15) is 11.7 Å². The molecule has 21 heavy (non-hydrogen) atoms. The van der Waals surface area contributed by atoms with E-state index in [2.05, 4.69) is 10.3 Å². The van der Waals surface area contributed by atoms with Crippen molar-refractivity contribution < 1.29 is 14.7 Å². The van der Waals surface area contributed by atoms with Crippen LogP contribution in [0.25, 0.3) is 0 Å². The second-order valence-corrected chi connectivity index (χ2v) is 4.33. The third kappa shape index (κ3) is 4.29. The molecule has 0 bridgehead atoms. The monoisotopic (exact) mass is 306 g/mol. The summed E-state index contributed by atoms with van der Waals surface area (Å²) in [5.41, 5.74) is 1.37. The molecule has 0 radical (unpaired) electrons. The Morgan fingerprint density at radius 3 is 2.48 bits per heavy atom. The zero-order valence-corrected chi connectivity index (χ0v) is 12.1. The van der Waals surface area contributed by atoms with E-state index in [-0.39, 0.29) is 23.9 Å². The molecule has 1 unspecified atom stereocenters. The summed E-state index contributed by atoms with van der Waals surface area (Å²) in [4.78, 5) is 27.0. The Bertz CT molecular complexity index is 632. The van der Waals surface area contributed by atoms with Crippen molar-refractivity contribution in [1.82, 2.24) is 4.98 Å². The lowest BCUT2D eigenvalue weighted by molar-refractivity contribution is -0.137. The Hall–Kier alpha value is -2.40. The van der Waals surface area contributed by atoms with Crippen LogP contribution in [0.2, 0.25) is 0 Å². The number of nitrogens with zero attached hydrogens (tertiary/aromatic N) is 1. The summed E-state index contributed by atoms with van der Waals surface area (Å²) >= 11 is 0. The van der Waals surface area contributed by atoms with Crippen molar-refractivity contribution in [2.24, 2.45) is 0 Å². The lowest BCUT2D eigenvalue weighted by atomic mass is 10.1. The number of pyridine rings is 1. The second kappa shape index (κ2) is 7.40. The summed E-state index contributed by atoms with van der Waals surface area (Å²) in [6.45, 7) is 1.53. The number of halogens is 1. The number of carboxylic acids is 1. The second-order valence-electron chi connectivity index (χ2n) is 4.33. The lowest BCUT2D eigenvalue weighted by Crippen LogP contribution is -2.25. The first kappa shape index (κ1) is 16.7. The molecular weight excluding hydrogens is 292 g/mol. The van der Waals surface area contributed by atoms with Crippen molar-refractivity contribution >= 4 is 29.8 Å². The van der Waals surface area contributed by atoms with E-state index in [0.717, 1.165) is 0 Å². The first-order chi connectivity index (χ1) is 9.58. The highest BCUT2D eigenvalue weighted by Gasteiger charge is 2.13. The molecule has 1 atom stereocenters. The van der Waals surface area contributed by atoms with Crippen molar-refractivity contribution in [3.8, 4) is 0 Å². The van der Waals surface area contributed by atoms with E-state index in [0.29, 0.717) is 11.3 Å². The minimum absolute atomic E-state index is 0. The highest BCUT2D eigenvalue weighted by Crippen LogP contribution is 2.13. The predicted octanol–water partition coefficient (Wildman–Crippen LogP) is 2.62. The maximum absolute atomic E-state index is 12.2. The van der Waals surface area contributed by atoms with E-state index < -0.39 is 12.0 Å². The van der Waals surface area contributed by atoms with Gasteiger partial charge in [0.15, 0.2) is 0 Å². The number of aromatic nitrogens is 1. The third-order valence-electron chi connectivity index (χ3n) is 2.78. The predicted molar refractivity (Wildman–Crippen MR) is 82.1 cm³/mol. The number of ketones is 1. The summed E-state index contributed by atoms with van der Waals surface area (Å²) in [6.07, 6.45) is 1.48. The molecule has 0 aliphatic carbocycles. The van der Waals surface area contributed by atoms with Crippen LogP contribution in [0.15, 0.2) is 48.7 Å². The highest BCUT2D eigenvalue weighted by atomic mass is 35.5. The molecular formula is C15H15ClN2O3. The van der Waals surface area contributed by atoms with Gasteiger partial charge in [-0.3, -0.25) is 14.6 Å². The molecule has 0 aliphatic rings. The maximum Gasteiger partial charge on any atom is 0.325 e. The molecule has 1 aromatic heterocycles. The minimum Gasteiger partial charge on any atom is -0.480 e. The number of hydrogen-bond donors (Lipinski definition) is 2. The van der Waals surface area contributed by atoms with Gasteiger partial charge in [-0.1, -0.05) is 30.3 Å². The van der Waals surface area contributed by atoms with Crippen LogP contribution in [-0.2, 0) is 4.79 Å². The van der Waals surface area contributed by atoms with Gasteiger partial charge in [0, 0.05) is 17.4 Å². The number of aliphatic carboxylic acids is 1. The summed E-state index contributed by atoms with van der Waals surface area (Å²) < 4.78 is 0. The van der Waals surface area contributed by atoms with E-state index in [1.165, 1.54) is 13.1 Å². The van der Waals surface area contributed by atoms with Crippen LogP contribution in [0.3, 0.4) is 0 Å². The van der Waals surface area contributed by atoms with Gasteiger partial charge in [-0.15, -0.1) is 12.4 Å². The fourth-order valence-electron chi connectivity index (χ4n) is 1.69. The molecule has 0 saturated carbocycles. The number of rotatable bonds is 5.